The number of nitrogens with zero attached hydrogens (tertiary/aromatic N) is 1. The number of amides is 1. The van der Waals surface area contributed by atoms with E-state index in [4.69, 9.17) is 5.73 Å². The van der Waals surface area contributed by atoms with Gasteiger partial charge in [0.25, 0.3) is 0 Å². The van der Waals surface area contributed by atoms with Crippen LogP contribution in [0.5, 0.6) is 0 Å². The number of rotatable bonds is 2. The van der Waals surface area contributed by atoms with Crippen LogP contribution >= 0.6 is 10.9 Å². The van der Waals surface area contributed by atoms with Crippen LogP contribution in [-0.2, 0) is 4.79 Å². The highest BCUT2D eigenvalue weighted by atomic mass is 32.2. The third-order valence-electron chi connectivity index (χ3n) is 1.76. The zero-order valence-corrected chi connectivity index (χ0v) is 7.66. The molecule has 0 fully saturated rings. The van der Waals surface area contributed by atoms with Gasteiger partial charge in [-0.15, -0.1) is 0 Å². The number of hydrogen-bond donors (Lipinski definition) is 3. The highest BCUT2D eigenvalue weighted by molar-refractivity contribution is 8.22. The van der Waals surface area contributed by atoms with Crippen molar-refractivity contribution in [3.05, 3.63) is 34.9 Å². The van der Waals surface area contributed by atoms with E-state index in [2.05, 4.69) is 10.2 Å². The van der Waals surface area contributed by atoms with Gasteiger partial charge >= 0.3 is 0 Å². The van der Waals surface area contributed by atoms with Crippen LogP contribution in [0.2, 0.25) is 0 Å². The van der Waals surface area contributed by atoms with Gasteiger partial charge in [-0.3, -0.25) is 9.89 Å². The molecule has 0 aromatic carbocycles. The smallest absolute Gasteiger partial charge is 0.249 e. The van der Waals surface area contributed by atoms with Gasteiger partial charge in [0, 0.05) is 16.7 Å². The number of thiol groups is 1. The van der Waals surface area contributed by atoms with Crippen molar-refractivity contribution in [1.29, 1.82) is 0 Å². The van der Waals surface area contributed by atoms with E-state index in [1.54, 1.807) is 12.3 Å². The van der Waals surface area contributed by atoms with Crippen molar-refractivity contribution >= 4 is 16.8 Å². The van der Waals surface area contributed by atoms with Gasteiger partial charge in [0.1, 0.15) is 0 Å². The Morgan fingerprint density at radius 1 is 1.62 bits per heavy atom. The number of aromatic nitrogens is 2. The first kappa shape index (κ1) is 8.12. The largest absolute Gasteiger partial charge is 0.366 e. The first-order valence-corrected chi connectivity index (χ1v) is 5.22. The van der Waals surface area contributed by atoms with Gasteiger partial charge in [-0.25, -0.2) is 0 Å². The number of aromatic amines is 1. The fraction of sp³-hybridized carbons (Fsp3) is 0. The molecule has 2 rings (SSSR count). The lowest BCUT2D eigenvalue weighted by atomic mass is 10.3. The summed E-state index contributed by atoms with van der Waals surface area (Å²) in [5.74, 6) is -0.371. The summed E-state index contributed by atoms with van der Waals surface area (Å²) in [6, 6.07) is 0. The van der Waals surface area contributed by atoms with Crippen LogP contribution in [0.4, 0.5) is 0 Å². The van der Waals surface area contributed by atoms with Crippen LogP contribution < -0.4 is 5.73 Å². The minimum atomic E-state index is -0.512. The Kier molecular flexibility index (Phi) is 1.94. The molecule has 3 N–H and O–H groups in total. The Morgan fingerprint density at radius 3 is 3.00 bits per heavy atom. The van der Waals surface area contributed by atoms with Gasteiger partial charge in [-0.05, 0) is 16.9 Å². The van der Waals surface area contributed by atoms with E-state index in [9.17, 15) is 4.79 Å². The summed E-state index contributed by atoms with van der Waals surface area (Å²) >= 11 is 0. The van der Waals surface area contributed by atoms with Crippen LogP contribution in [0.15, 0.2) is 39.8 Å². The van der Waals surface area contributed by atoms with E-state index in [0.717, 1.165) is 4.90 Å². The van der Waals surface area contributed by atoms with E-state index < -0.39 is 10.9 Å². The van der Waals surface area contributed by atoms with Crippen molar-refractivity contribution in [2.24, 2.45) is 5.73 Å². The van der Waals surface area contributed by atoms with Crippen molar-refractivity contribution in [2.45, 2.75) is 4.90 Å². The van der Waals surface area contributed by atoms with Crippen molar-refractivity contribution < 1.29 is 4.79 Å². The van der Waals surface area contributed by atoms with Gasteiger partial charge < -0.3 is 5.73 Å². The third-order valence-corrected chi connectivity index (χ3v) is 3.63. The monoisotopic (exact) mass is 195 g/mol. The topological polar surface area (TPSA) is 71.8 Å². The Bertz CT molecular complexity index is 380. The van der Waals surface area contributed by atoms with Gasteiger partial charge in [-0.1, -0.05) is 0 Å². The quantitative estimate of drug-likeness (QED) is 0.607. The third kappa shape index (κ3) is 1.50. The lowest BCUT2D eigenvalue weighted by Gasteiger charge is -2.04. The molecule has 1 amide bonds. The summed E-state index contributed by atoms with van der Waals surface area (Å²) in [4.78, 5) is 11.9. The maximum Gasteiger partial charge on any atom is 0.249 e. The Balaban J connectivity index is 2.24. The Labute approximate surface area is 77.9 Å². The molecule has 1 atom stereocenters. The lowest BCUT2D eigenvalue weighted by molar-refractivity contribution is -0.114. The summed E-state index contributed by atoms with van der Waals surface area (Å²) in [7, 11) is -0.512. The first-order valence-electron chi connectivity index (χ1n) is 3.74. The Hall–Kier alpha value is -1.49. The normalized spacial score (nSPS) is 23.1. The molecule has 68 valence electrons. The van der Waals surface area contributed by atoms with Crippen LogP contribution in [-0.4, -0.2) is 16.1 Å². The van der Waals surface area contributed by atoms with E-state index in [1.165, 1.54) is 0 Å². The molecule has 1 aromatic heterocycles. The molecule has 13 heavy (non-hydrogen) atoms. The summed E-state index contributed by atoms with van der Waals surface area (Å²) in [5, 5.41) is 10.5. The van der Waals surface area contributed by atoms with Crippen LogP contribution in [0.25, 0.3) is 0 Å². The second-order valence-corrected chi connectivity index (χ2v) is 4.52. The molecular formula is C8H9N3OS. The highest BCUT2D eigenvalue weighted by Crippen LogP contribution is 2.43. The number of nitrogens with two attached hydrogens (primary N) is 1. The zero-order valence-electron chi connectivity index (χ0n) is 6.77. The number of carbonyl (C=O) groups excluding carboxylic acids is 1. The molecule has 2 heterocycles. The van der Waals surface area contributed by atoms with Crippen LogP contribution in [0, 0.1) is 0 Å². The van der Waals surface area contributed by atoms with Crippen LogP contribution in [0.1, 0.15) is 0 Å². The minimum absolute atomic E-state index is 0.371. The molecule has 0 saturated carbocycles. The van der Waals surface area contributed by atoms with Gasteiger partial charge in [0.05, 0.1) is 6.20 Å². The van der Waals surface area contributed by atoms with Gasteiger partial charge in [0.2, 0.25) is 5.91 Å². The molecule has 4 nitrogen and oxygen atoms in total. The van der Waals surface area contributed by atoms with E-state index in [1.807, 2.05) is 17.0 Å². The summed E-state index contributed by atoms with van der Waals surface area (Å²) in [6.07, 6.45) is 5.36. The number of H-pyrrole nitrogens is 1. The SMILES string of the molecule is NC(=O)C1=C[SH](c2cn[nH]c2)C=C1. The molecule has 1 unspecified atom stereocenters. The number of primary amides is 1. The average molecular weight is 195 g/mol. The summed E-state index contributed by atoms with van der Waals surface area (Å²) < 4.78 is 0. The van der Waals surface area contributed by atoms with Crippen molar-refractivity contribution in [3.8, 4) is 0 Å². The molecule has 0 spiro atoms. The number of carbonyl (C=O) groups is 1. The summed E-state index contributed by atoms with van der Waals surface area (Å²) in [6.45, 7) is 0. The molecule has 5 heteroatoms. The minimum Gasteiger partial charge on any atom is -0.366 e. The number of nitrogens with one attached hydrogen (secondary N) is 1. The zero-order chi connectivity index (χ0) is 9.26. The molecule has 0 saturated heterocycles. The highest BCUT2D eigenvalue weighted by Gasteiger charge is 2.11. The van der Waals surface area contributed by atoms with E-state index in [-0.39, 0.29) is 5.91 Å². The van der Waals surface area contributed by atoms with E-state index >= 15 is 0 Å². The second kappa shape index (κ2) is 3.10. The molecule has 1 aromatic rings. The molecule has 0 radical (unpaired) electrons. The lowest BCUT2D eigenvalue weighted by Crippen LogP contribution is -2.11. The van der Waals surface area contributed by atoms with Crippen molar-refractivity contribution in [1.82, 2.24) is 10.2 Å². The van der Waals surface area contributed by atoms with E-state index in [0.29, 0.717) is 5.57 Å². The molecule has 1 aliphatic heterocycles. The predicted molar refractivity (Wildman–Crippen MR) is 52.3 cm³/mol. The van der Waals surface area contributed by atoms with Gasteiger partial charge in [-0.2, -0.15) is 16.0 Å². The van der Waals surface area contributed by atoms with Gasteiger partial charge in [0.15, 0.2) is 0 Å². The summed E-state index contributed by atoms with van der Waals surface area (Å²) in [5.41, 5.74) is 5.73. The maximum atomic E-state index is 10.8. The van der Waals surface area contributed by atoms with Crippen molar-refractivity contribution in [3.63, 3.8) is 0 Å². The fourth-order valence-electron chi connectivity index (χ4n) is 1.09. The van der Waals surface area contributed by atoms with Crippen molar-refractivity contribution in [2.75, 3.05) is 0 Å². The average Bonchev–Trinajstić information content (AvgIpc) is 2.75. The maximum absolute atomic E-state index is 10.8. The van der Waals surface area contributed by atoms with Crippen LogP contribution in [0.3, 0.4) is 0 Å². The second-order valence-electron chi connectivity index (χ2n) is 2.63. The Morgan fingerprint density at radius 2 is 2.46 bits per heavy atom. The fourth-order valence-corrected chi connectivity index (χ4v) is 2.73. The predicted octanol–water partition coefficient (Wildman–Crippen LogP) is 0.666. The molecular weight excluding hydrogens is 186 g/mol. The molecule has 0 aliphatic carbocycles. The number of hydrogen-bond acceptors (Lipinski definition) is 2. The molecule has 1 aliphatic rings. The standard InChI is InChI=1S/C8H9N3OS/c9-8(12)6-1-2-13(5-6)7-3-10-11-4-7/h1-5,13H,(H2,9,12)(H,10,11). The molecule has 0 bridgehead atoms. The first-order chi connectivity index (χ1) is 6.27.